The molecule has 0 radical (unpaired) electrons. The van der Waals surface area contributed by atoms with Gasteiger partial charge in [0.25, 0.3) is 0 Å². The maximum atomic E-state index is 5.09. The first-order chi connectivity index (χ1) is 20.6. The monoisotopic (exact) mass is 538 g/mol. The standard InChI is InChI=1S/C40H30N2/c1-40(2)36-26-29(33-20-10-14-27-12-6-8-18-31(27)33)22-23-37(36)42(30-16-4-3-5-17-30)39-38(40)35(24-25-41-39)34-21-11-15-28-13-7-9-19-32(28)34/h3-26H,1-2H3. The molecule has 0 bridgehead atoms. The average Bonchev–Trinajstić information content (AvgIpc) is 3.04. The lowest BCUT2D eigenvalue weighted by Crippen LogP contribution is -2.32. The molecule has 2 heteroatoms. The number of benzene rings is 6. The molecule has 7 aromatic rings. The summed E-state index contributed by atoms with van der Waals surface area (Å²) in [6.07, 6.45) is 1.97. The predicted molar refractivity (Wildman–Crippen MR) is 177 cm³/mol. The molecular formula is C40H30N2. The van der Waals surface area contributed by atoms with E-state index in [0.29, 0.717) is 0 Å². The molecular weight excluding hydrogens is 508 g/mol. The van der Waals surface area contributed by atoms with Gasteiger partial charge in [-0.15, -0.1) is 0 Å². The van der Waals surface area contributed by atoms with Crippen molar-refractivity contribution in [1.82, 2.24) is 4.98 Å². The van der Waals surface area contributed by atoms with Crippen LogP contribution in [0.5, 0.6) is 0 Å². The van der Waals surface area contributed by atoms with Gasteiger partial charge in [-0.2, -0.15) is 0 Å². The number of rotatable bonds is 3. The van der Waals surface area contributed by atoms with Crippen LogP contribution < -0.4 is 4.90 Å². The lowest BCUT2D eigenvalue weighted by molar-refractivity contribution is 0.629. The molecule has 200 valence electrons. The Morgan fingerprint density at radius 2 is 1.17 bits per heavy atom. The highest BCUT2D eigenvalue weighted by Crippen LogP contribution is 2.54. The molecule has 6 aromatic carbocycles. The largest absolute Gasteiger partial charge is 0.294 e. The van der Waals surface area contributed by atoms with Gasteiger partial charge in [-0.25, -0.2) is 4.98 Å². The van der Waals surface area contributed by atoms with Gasteiger partial charge in [0, 0.05) is 22.9 Å². The van der Waals surface area contributed by atoms with Gasteiger partial charge in [-0.1, -0.05) is 123 Å². The number of nitrogens with zero attached hydrogens (tertiary/aromatic N) is 2. The number of hydrogen-bond acceptors (Lipinski definition) is 2. The molecule has 0 saturated carbocycles. The van der Waals surface area contributed by atoms with Crippen molar-refractivity contribution in [2.24, 2.45) is 0 Å². The quantitative estimate of drug-likeness (QED) is 0.222. The van der Waals surface area contributed by atoms with Crippen LogP contribution in [0.1, 0.15) is 25.0 Å². The van der Waals surface area contributed by atoms with E-state index in [1.54, 1.807) is 0 Å². The third-order valence-electron chi connectivity index (χ3n) is 8.87. The second kappa shape index (κ2) is 9.43. The zero-order valence-electron chi connectivity index (χ0n) is 23.8. The Kier molecular flexibility index (Phi) is 5.52. The van der Waals surface area contributed by atoms with Crippen LogP contribution in [0, 0.1) is 0 Å². The van der Waals surface area contributed by atoms with Crippen molar-refractivity contribution < 1.29 is 0 Å². The number of pyridine rings is 1. The molecule has 8 rings (SSSR count). The van der Waals surface area contributed by atoms with Crippen LogP contribution in [0.25, 0.3) is 43.8 Å². The lowest BCUT2D eigenvalue weighted by Gasteiger charge is -2.42. The molecule has 0 amide bonds. The number of fused-ring (bicyclic) bond motifs is 4. The maximum Gasteiger partial charge on any atom is 0.142 e. The van der Waals surface area contributed by atoms with Gasteiger partial charge in [0.2, 0.25) is 0 Å². The maximum absolute atomic E-state index is 5.09. The molecule has 2 nitrogen and oxygen atoms in total. The second-order valence-electron chi connectivity index (χ2n) is 11.6. The summed E-state index contributed by atoms with van der Waals surface area (Å²) in [5, 5.41) is 5.02. The van der Waals surface area contributed by atoms with E-state index in [-0.39, 0.29) is 5.41 Å². The van der Waals surface area contributed by atoms with E-state index in [4.69, 9.17) is 4.98 Å². The van der Waals surface area contributed by atoms with Crippen molar-refractivity contribution in [3.8, 4) is 22.3 Å². The van der Waals surface area contributed by atoms with Crippen LogP contribution in [0.3, 0.4) is 0 Å². The summed E-state index contributed by atoms with van der Waals surface area (Å²) in [5.74, 6) is 0.988. The van der Waals surface area contributed by atoms with Gasteiger partial charge < -0.3 is 0 Å². The van der Waals surface area contributed by atoms with Crippen LogP contribution in [-0.4, -0.2) is 4.98 Å². The SMILES string of the molecule is CC1(C)c2cc(-c3cccc4ccccc34)ccc2N(c2ccccc2)c2nccc(-c3cccc4ccccc34)c21. The molecule has 2 heterocycles. The van der Waals surface area contributed by atoms with Crippen LogP contribution in [0.4, 0.5) is 17.2 Å². The fourth-order valence-corrected chi connectivity index (χ4v) is 6.88. The van der Waals surface area contributed by atoms with E-state index in [0.717, 1.165) is 11.5 Å². The van der Waals surface area contributed by atoms with E-state index >= 15 is 0 Å². The van der Waals surface area contributed by atoms with Crippen molar-refractivity contribution in [3.05, 3.63) is 157 Å². The fraction of sp³-hybridized carbons (Fsp3) is 0.0750. The number of para-hydroxylation sites is 1. The molecule has 0 fully saturated rings. The Labute approximate surface area is 246 Å². The summed E-state index contributed by atoms with van der Waals surface area (Å²) >= 11 is 0. The minimum Gasteiger partial charge on any atom is -0.294 e. The van der Waals surface area contributed by atoms with Crippen LogP contribution in [0.15, 0.2) is 146 Å². The van der Waals surface area contributed by atoms with Crippen LogP contribution >= 0.6 is 0 Å². The molecule has 0 unspecified atom stereocenters. The van der Waals surface area contributed by atoms with E-state index in [1.165, 1.54) is 60.6 Å². The normalized spacial score (nSPS) is 13.6. The van der Waals surface area contributed by atoms with Gasteiger partial charge in [0.05, 0.1) is 5.69 Å². The van der Waals surface area contributed by atoms with Gasteiger partial charge in [-0.3, -0.25) is 4.90 Å². The number of anilines is 3. The highest BCUT2D eigenvalue weighted by atomic mass is 15.2. The van der Waals surface area contributed by atoms with Crippen molar-refractivity contribution in [2.45, 2.75) is 19.3 Å². The smallest absolute Gasteiger partial charge is 0.142 e. The molecule has 1 aliphatic rings. The third-order valence-corrected chi connectivity index (χ3v) is 8.87. The minimum absolute atomic E-state index is 0.308. The second-order valence-corrected chi connectivity index (χ2v) is 11.6. The van der Waals surface area contributed by atoms with Gasteiger partial charge in [0.15, 0.2) is 0 Å². The van der Waals surface area contributed by atoms with E-state index < -0.39 is 0 Å². The molecule has 0 N–H and O–H groups in total. The molecule has 0 spiro atoms. The van der Waals surface area contributed by atoms with E-state index in [9.17, 15) is 0 Å². The number of aromatic nitrogens is 1. The third kappa shape index (κ3) is 3.69. The molecule has 1 aromatic heterocycles. The van der Waals surface area contributed by atoms with Crippen LogP contribution in [-0.2, 0) is 5.41 Å². The summed E-state index contributed by atoms with van der Waals surface area (Å²) in [6.45, 7) is 4.71. The Morgan fingerprint density at radius 3 is 1.90 bits per heavy atom. The summed E-state index contributed by atoms with van der Waals surface area (Å²) < 4.78 is 0. The molecule has 1 aliphatic heterocycles. The first-order valence-corrected chi connectivity index (χ1v) is 14.6. The summed E-state index contributed by atoms with van der Waals surface area (Å²) in [4.78, 5) is 7.43. The Bertz CT molecular complexity index is 2110. The van der Waals surface area contributed by atoms with Crippen LogP contribution in [0.2, 0.25) is 0 Å². The Morgan fingerprint density at radius 1 is 0.548 bits per heavy atom. The lowest BCUT2D eigenvalue weighted by atomic mass is 9.71. The molecule has 0 aliphatic carbocycles. The van der Waals surface area contributed by atoms with Gasteiger partial charge >= 0.3 is 0 Å². The van der Waals surface area contributed by atoms with Crippen molar-refractivity contribution in [2.75, 3.05) is 4.90 Å². The highest BCUT2D eigenvalue weighted by molar-refractivity contribution is 6.01. The zero-order valence-corrected chi connectivity index (χ0v) is 23.8. The zero-order chi connectivity index (χ0) is 28.3. The van der Waals surface area contributed by atoms with Crippen molar-refractivity contribution >= 4 is 38.7 Å². The van der Waals surface area contributed by atoms with Crippen molar-refractivity contribution in [3.63, 3.8) is 0 Å². The van der Waals surface area contributed by atoms with E-state index in [2.05, 4.69) is 158 Å². The highest BCUT2D eigenvalue weighted by Gasteiger charge is 2.40. The summed E-state index contributed by atoms with van der Waals surface area (Å²) in [7, 11) is 0. The van der Waals surface area contributed by atoms with Crippen molar-refractivity contribution in [1.29, 1.82) is 0 Å². The molecule has 0 atom stereocenters. The molecule has 0 saturated heterocycles. The van der Waals surface area contributed by atoms with E-state index in [1.807, 2.05) is 6.20 Å². The van der Waals surface area contributed by atoms with Gasteiger partial charge in [-0.05, 0) is 79.7 Å². The summed E-state index contributed by atoms with van der Waals surface area (Å²) in [5.41, 5.74) is 9.45. The first kappa shape index (κ1) is 24.6. The minimum atomic E-state index is -0.308. The Balaban J connectivity index is 1.42. The number of hydrogen-bond donors (Lipinski definition) is 0. The first-order valence-electron chi connectivity index (χ1n) is 14.6. The topological polar surface area (TPSA) is 16.1 Å². The summed E-state index contributed by atoms with van der Waals surface area (Å²) in [6, 6.07) is 50.3. The Hall–Kier alpha value is -5.21. The van der Waals surface area contributed by atoms with Gasteiger partial charge in [0.1, 0.15) is 5.82 Å². The average molecular weight is 539 g/mol. The predicted octanol–water partition coefficient (Wildman–Crippen LogP) is 10.8. The molecule has 42 heavy (non-hydrogen) atoms. The fourth-order valence-electron chi connectivity index (χ4n) is 6.88.